The van der Waals surface area contributed by atoms with Gasteiger partial charge in [0.2, 0.25) is 0 Å². The molecule has 8 heteroatoms. The molecular weight excluding hydrogens is 467 g/mol. The molecule has 2 aromatic carbocycles. The van der Waals surface area contributed by atoms with Crippen molar-refractivity contribution >= 4 is 21.8 Å². The first-order valence-corrected chi connectivity index (χ1v) is 12.0. The average Bonchev–Trinajstić information content (AvgIpc) is 3.52. The Morgan fingerprint density at radius 1 is 0.919 bits per heavy atom. The molecule has 6 rings (SSSR count). The third kappa shape index (κ3) is 4.54. The molecule has 184 valence electrons. The Hall–Kier alpha value is -4.56. The van der Waals surface area contributed by atoms with Crippen molar-refractivity contribution in [1.82, 2.24) is 30.0 Å². The Morgan fingerprint density at radius 3 is 2.68 bits per heavy atom. The van der Waals surface area contributed by atoms with E-state index in [-0.39, 0.29) is 5.82 Å². The van der Waals surface area contributed by atoms with Gasteiger partial charge in [0, 0.05) is 46.9 Å². The molecule has 0 unspecified atom stereocenters. The van der Waals surface area contributed by atoms with Crippen LogP contribution in [-0.4, -0.2) is 57.3 Å². The molecule has 0 spiro atoms. The molecule has 7 nitrogen and oxygen atoms in total. The molecule has 0 amide bonds. The summed E-state index contributed by atoms with van der Waals surface area (Å²) >= 11 is 0. The number of pyridine rings is 2. The Bertz CT molecular complexity index is 1710. The van der Waals surface area contributed by atoms with E-state index in [1.165, 1.54) is 12.1 Å². The molecule has 0 saturated heterocycles. The first-order valence-electron chi connectivity index (χ1n) is 12.0. The Kier molecular flexibility index (Phi) is 5.86. The van der Waals surface area contributed by atoms with Crippen LogP contribution in [0.2, 0.25) is 0 Å². The van der Waals surface area contributed by atoms with Crippen molar-refractivity contribution in [2.75, 3.05) is 27.2 Å². The molecular formula is C29H25FN6O. The predicted octanol–water partition coefficient (Wildman–Crippen LogP) is 5.91. The minimum Gasteiger partial charge on any atom is -0.492 e. The summed E-state index contributed by atoms with van der Waals surface area (Å²) in [6.07, 6.45) is 5.32. The summed E-state index contributed by atoms with van der Waals surface area (Å²) in [6.45, 7) is 1.23. The Balaban J connectivity index is 1.41. The van der Waals surface area contributed by atoms with Crippen LogP contribution >= 0.6 is 0 Å². The van der Waals surface area contributed by atoms with Gasteiger partial charge in [-0.25, -0.2) is 4.39 Å². The predicted molar refractivity (Wildman–Crippen MR) is 144 cm³/mol. The normalized spacial score (nSPS) is 11.6. The van der Waals surface area contributed by atoms with Crippen LogP contribution in [0, 0.1) is 5.82 Å². The molecule has 0 radical (unpaired) electrons. The van der Waals surface area contributed by atoms with Gasteiger partial charge in [0.25, 0.3) is 0 Å². The van der Waals surface area contributed by atoms with Crippen molar-refractivity contribution in [2.45, 2.75) is 0 Å². The smallest absolute Gasteiger partial charge is 0.127 e. The van der Waals surface area contributed by atoms with Crippen LogP contribution in [-0.2, 0) is 0 Å². The van der Waals surface area contributed by atoms with Gasteiger partial charge >= 0.3 is 0 Å². The number of halogens is 1. The molecule has 0 saturated carbocycles. The summed E-state index contributed by atoms with van der Waals surface area (Å²) in [7, 11) is 3.95. The number of ether oxygens (including phenoxy) is 1. The number of fused-ring (bicyclic) bond motifs is 2. The largest absolute Gasteiger partial charge is 0.492 e. The summed E-state index contributed by atoms with van der Waals surface area (Å²) in [5, 5.41) is 9.58. The molecule has 0 aliphatic rings. The first-order chi connectivity index (χ1) is 18.0. The van der Waals surface area contributed by atoms with Crippen LogP contribution in [0.25, 0.3) is 55.6 Å². The van der Waals surface area contributed by atoms with E-state index in [0.29, 0.717) is 12.4 Å². The van der Waals surface area contributed by atoms with Gasteiger partial charge in [-0.1, -0.05) is 12.1 Å². The molecule has 0 fully saturated rings. The van der Waals surface area contributed by atoms with Crippen molar-refractivity contribution in [2.24, 2.45) is 0 Å². The summed E-state index contributed by atoms with van der Waals surface area (Å²) in [4.78, 5) is 14.3. The fourth-order valence-electron chi connectivity index (χ4n) is 4.48. The van der Waals surface area contributed by atoms with Gasteiger partial charge in [-0.15, -0.1) is 0 Å². The lowest BCUT2D eigenvalue weighted by atomic mass is 10.0. The van der Waals surface area contributed by atoms with Gasteiger partial charge in [0.1, 0.15) is 23.9 Å². The number of hydrogen-bond donors (Lipinski definition) is 2. The molecule has 0 aliphatic heterocycles. The molecule has 4 heterocycles. The van der Waals surface area contributed by atoms with Gasteiger partial charge in [-0.2, -0.15) is 5.10 Å². The lowest BCUT2D eigenvalue weighted by molar-refractivity contribution is 0.260. The Morgan fingerprint density at radius 2 is 1.84 bits per heavy atom. The van der Waals surface area contributed by atoms with E-state index in [1.54, 1.807) is 18.6 Å². The monoisotopic (exact) mass is 492 g/mol. The number of H-pyrrole nitrogens is 2. The van der Waals surface area contributed by atoms with Crippen LogP contribution in [0.1, 0.15) is 0 Å². The lowest BCUT2D eigenvalue weighted by Crippen LogP contribution is -2.19. The number of hydrogen-bond acceptors (Lipinski definition) is 5. The summed E-state index contributed by atoms with van der Waals surface area (Å²) in [5.74, 6) is 0.178. The standard InChI is InChI=1S/C29H25FN6O/c1-36(2)9-10-37-21-12-19(11-20(30)13-21)22-6-3-7-25-23(22)14-27(33-25)29-24-15-26(18-5-4-8-31-16-18)32-17-28(24)34-35-29/h3-8,11-17,33H,9-10H2,1-2H3,(H,34,35). The van der Waals surface area contributed by atoms with Crippen LogP contribution in [0.15, 0.2) is 79.3 Å². The molecule has 0 aliphatic carbocycles. The molecule has 2 N–H and O–H groups in total. The van der Waals surface area contributed by atoms with E-state index in [4.69, 9.17) is 4.74 Å². The average molecular weight is 493 g/mol. The fourth-order valence-corrected chi connectivity index (χ4v) is 4.48. The van der Waals surface area contributed by atoms with Crippen LogP contribution in [0.5, 0.6) is 5.75 Å². The topological polar surface area (TPSA) is 82.7 Å². The third-order valence-electron chi connectivity index (χ3n) is 6.31. The van der Waals surface area contributed by atoms with E-state index < -0.39 is 0 Å². The number of aromatic nitrogens is 5. The maximum absolute atomic E-state index is 14.6. The van der Waals surface area contributed by atoms with Crippen molar-refractivity contribution in [3.8, 4) is 39.5 Å². The van der Waals surface area contributed by atoms with Crippen LogP contribution in [0.3, 0.4) is 0 Å². The molecule has 0 bridgehead atoms. The summed E-state index contributed by atoms with van der Waals surface area (Å²) < 4.78 is 20.4. The van der Waals surface area contributed by atoms with Gasteiger partial charge in [0.15, 0.2) is 0 Å². The first kappa shape index (κ1) is 22.9. The van der Waals surface area contributed by atoms with Gasteiger partial charge in [-0.3, -0.25) is 15.1 Å². The van der Waals surface area contributed by atoms with E-state index in [0.717, 1.165) is 62.1 Å². The second-order valence-electron chi connectivity index (χ2n) is 9.21. The second-order valence-corrected chi connectivity index (χ2v) is 9.21. The van der Waals surface area contributed by atoms with E-state index in [9.17, 15) is 4.39 Å². The van der Waals surface area contributed by atoms with Gasteiger partial charge in [0.05, 0.1) is 23.1 Å². The highest BCUT2D eigenvalue weighted by Crippen LogP contribution is 2.36. The lowest BCUT2D eigenvalue weighted by Gasteiger charge is -2.12. The zero-order chi connectivity index (χ0) is 25.4. The van der Waals surface area contributed by atoms with Crippen LogP contribution in [0.4, 0.5) is 4.39 Å². The number of rotatable bonds is 7. The summed E-state index contributed by atoms with van der Waals surface area (Å²) in [6, 6.07) is 18.7. The maximum atomic E-state index is 14.6. The fraction of sp³-hybridized carbons (Fsp3) is 0.138. The highest BCUT2D eigenvalue weighted by Gasteiger charge is 2.15. The highest BCUT2D eigenvalue weighted by molar-refractivity contribution is 6.01. The van der Waals surface area contributed by atoms with E-state index in [2.05, 4.69) is 31.2 Å². The number of benzene rings is 2. The van der Waals surface area contributed by atoms with Crippen molar-refractivity contribution < 1.29 is 9.13 Å². The third-order valence-corrected chi connectivity index (χ3v) is 6.31. The quantitative estimate of drug-likeness (QED) is 0.289. The molecule has 37 heavy (non-hydrogen) atoms. The van der Waals surface area contributed by atoms with Gasteiger partial charge in [-0.05, 0) is 67.7 Å². The molecule has 0 atom stereocenters. The number of nitrogens with one attached hydrogen (secondary N) is 2. The number of aromatic amines is 2. The maximum Gasteiger partial charge on any atom is 0.127 e. The highest BCUT2D eigenvalue weighted by atomic mass is 19.1. The van der Waals surface area contributed by atoms with Gasteiger partial charge < -0.3 is 14.6 Å². The number of likely N-dealkylation sites (N-methyl/N-ethyl adjacent to an activating group) is 1. The zero-order valence-corrected chi connectivity index (χ0v) is 20.5. The summed E-state index contributed by atoms with van der Waals surface area (Å²) in [5.41, 5.74) is 6.84. The minimum absolute atomic E-state index is 0.334. The SMILES string of the molecule is CN(C)CCOc1cc(F)cc(-c2cccc3[nH]c(-c4n[nH]c5cnc(-c6cccnc6)cc45)cc23)c1. The van der Waals surface area contributed by atoms with Crippen molar-refractivity contribution in [3.05, 3.63) is 85.1 Å². The minimum atomic E-state index is -0.334. The molecule has 6 aromatic rings. The van der Waals surface area contributed by atoms with E-state index >= 15 is 0 Å². The van der Waals surface area contributed by atoms with E-state index in [1.807, 2.05) is 61.5 Å². The molecule has 4 aromatic heterocycles. The van der Waals surface area contributed by atoms with Crippen molar-refractivity contribution in [1.29, 1.82) is 0 Å². The number of nitrogens with zero attached hydrogens (tertiary/aromatic N) is 4. The van der Waals surface area contributed by atoms with Crippen molar-refractivity contribution in [3.63, 3.8) is 0 Å². The zero-order valence-electron chi connectivity index (χ0n) is 20.5. The van der Waals surface area contributed by atoms with Crippen LogP contribution < -0.4 is 4.74 Å². The second kappa shape index (κ2) is 9.48. The Labute approximate surface area is 213 Å².